The number of aryl methyl sites for hydroxylation is 2. The molecule has 0 aliphatic carbocycles. The number of carbonyl (C=O) groups excluding carboxylic acids is 1. The molecule has 0 saturated heterocycles. The first kappa shape index (κ1) is 16.7. The van der Waals surface area contributed by atoms with E-state index in [-0.39, 0.29) is 17.8 Å². The van der Waals surface area contributed by atoms with Crippen LogP contribution in [0, 0.1) is 12.3 Å². The first-order chi connectivity index (χ1) is 9.34. The number of hydrogen-bond donors (Lipinski definition) is 0. The van der Waals surface area contributed by atoms with Crippen LogP contribution in [0.1, 0.15) is 58.1 Å². The lowest BCUT2D eigenvalue weighted by atomic mass is 9.91. The molecule has 0 radical (unpaired) electrons. The number of Topliss-reactive ketones (excluding diaryl/α,β-unsaturated/α-hetero) is 1. The lowest BCUT2D eigenvalue weighted by Crippen LogP contribution is -2.26. The molecule has 0 heterocycles. The van der Waals surface area contributed by atoms with E-state index >= 15 is 0 Å². The summed E-state index contributed by atoms with van der Waals surface area (Å²) < 4.78 is 5.66. The highest BCUT2D eigenvalue weighted by Crippen LogP contribution is 2.22. The summed E-state index contributed by atoms with van der Waals surface area (Å²) in [6, 6.07) is 6.28. The van der Waals surface area contributed by atoms with Crippen molar-refractivity contribution >= 4 is 5.78 Å². The van der Waals surface area contributed by atoms with Crippen LogP contribution >= 0.6 is 0 Å². The molecule has 0 unspecified atom stereocenters. The fraction of sp³-hybridized carbons (Fsp3) is 0.611. The minimum absolute atomic E-state index is 0.129. The fourth-order valence-electron chi connectivity index (χ4n) is 1.97. The topological polar surface area (TPSA) is 26.3 Å². The third-order valence-corrected chi connectivity index (χ3v) is 3.50. The van der Waals surface area contributed by atoms with Gasteiger partial charge in [-0.15, -0.1) is 0 Å². The van der Waals surface area contributed by atoms with Crippen molar-refractivity contribution in [1.29, 1.82) is 0 Å². The average Bonchev–Trinajstić information content (AvgIpc) is 2.36. The van der Waals surface area contributed by atoms with Gasteiger partial charge in [-0.05, 0) is 37.0 Å². The molecule has 1 aromatic carbocycles. The van der Waals surface area contributed by atoms with Crippen LogP contribution in [0.2, 0.25) is 0 Å². The zero-order valence-corrected chi connectivity index (χ0v) is 13.6. The minimum Gasteiger partial charge on any atom is -0.486 e. The van der Waals surface area contributed by atoms with E-state index in [9.17, 15) is 4.79 Å². The number of benzene rings is 1. The van der Waals surface area contributed by atoms with Gasteiger partial charge >= 0.3 is 0 Å². The Balaban J connectivity index is 2.58. The summed E-state index contributed by atoms with van der Waals surface area (Å²) in [6.45, 7) is 10.2. The second-order valence-corrected chi connectivity index (χ2v) is 6.52. The predicted molar refractivity (Wildman–Crippen MR) is 84.4 cm³/mol. The summed E-state index contributed by atoms with van der Waals surface area (Å²) in [5, 5.41) is 0. The molecule has 0 spiro atoms. The van der Waals surface area contributed by atoms with Crippen molar-refractivity contribution in [2.24, 2.45) is 5.41 Å². The van der Waals surface area contributed by atoms with Gasteiger partial charge in [0, 0.05) is 5.41 Å². The van der Waals surface area contributed by atoms with E-state index in [1.54, 1.807) is 0 Å². The molecule has 2 heteroatoms. The standard InChI is InChI=1S/C18H28O2/c1-6-7-8-9-15-10-11-16(14(2)12-15)20-13-17(19)18(3,4)5/h10-12H,6-9,13H2,1-5H3. The molecule has 0 atom stereocenters. The van der Waals surface area contributed by atoms with Gasteiger partial charge in [0.05, 0.1) is 0 Å². The Morgan fingerprint density at radius 1 is 1.20 bits per heavy atom. The minimum atomic E-state index is -0.339. The Labute approximate surface area is 123 Å². The van der Waals surface area contributed by atoms with Gasteiger partial charge in [-0.1, -0.05) is 52.7 Å². The van der Waals surface area contributed by atoms with Gasteiger partial charge in [0.2, 0.25) is 0 Å². The second kappa shape index (κ2) is 7.47. The van der Waals surface area contributed by atoms with Crippen molar-refractivity contribution in [2.75, 3.05) is 6.61 Å². The smallest absolute Gasteiger partial charge is 0.175 e. The largest absolute Gasteiger partial charge is 0.486 e. The number of hydrogen-bond acceptors (Lipinski definition) is 2. The lowest BCUT2D eigenvalue weighted by Gasteiger charge is -2.17. The second-order valence-electron chi connectivity index (χ2n) is 6.52. The van der Waals surface area contributed by atoms with Crippen LogP contribution in [0.25, 0.3) is 0 Å². The highest BCUT2D eigenvalue weighted by atomic mass is 16.5. The van der Waals surface area contributed by atoms with Crippen molar-refractivity contribution in [3.05, 3.63) is 29.3 Å². The van der Waals surface area contributed by atoms with Crippen LogP contribution in [0.3, 0.4) is 0 Å². The van der Waals surface area contributed by atoms with Crippen molar-refractivity contribution < 1.29 is 9.53 Å². The molecule has 0 bridgehead atoms. The number of carbonyl (C=O) groups is 1. The van der Waals surface area contributed by atoms with Crippen LogP contribution in [0.5, 0.6) is 5.75 Å². The molecule has 2 nitrogen and oxygen atoms in total. The Morgan fingerprint density at radius 2 is 1.90 bits per heavy atom. The van der Waals surface area contributed by atoms with E-state index in [0.29, 0.717) is 0 Å². The van der Waals surface area contributed by atoms with E-state index in [1.165, 1.54) is 24.8 Å². The number of unbranched alkanes of at least 4 members (excludes halogenated alkanes) is 2. The summed E-state index contributed by atoms with van der Waals surface area (Å²) in [6.07, 6.45) is 4.88. The number of ketones is 1. The molecule has 20 heavy (non-hydrogen) atoms. The van der Waals surface area contributed by atoms with E-state index in [2.05, 4.69) is 19.1 Å². The molecular formula is C18H28O2. The summed E-state index contributed by atoms with van der Waals surface area (Å²) >= 11 is 0. The Kier molecular flexibility index (Phi) is 6.25. The lowest BCUT2D eigenvalue weighted by molar-refractivity contribution is -0.128. The van der Waals surface area contributed by atoms with E-state index < -0.39 is 0 Å². The molecule has 0 aromatic heterocycles. The molecule has 0 aliphatic heterocycles. The first-order valence-corrected chi connectivity index (χ1v) is 7.60. The van der Waals surface area contributed by atoms with Gasteiger partial charge in [0.1, 0.15) is 12.4 Å². The maximum absolute atomic E-state index is 11.9. The van der Waals surface area contributed by atoms with Crippen LogP contribution in [-0.4, -0.2) is 12.4 Å². The van der Waals surface area contributed by atoms with Crippen molar-refractivity contribution in [3.8, 4) is 5.75 Å². The van der Waals surface area contributed by atoms with Crippen molar-refractivity contribution in [2.45, 2.75) is 60.3 Å². The average molecular weight is 276 g/mol. The van der Waals surface area contributed by atoms with Gasteiger partial charge in [-0.3, -0.25) is 4.79 Å². The number of ether oxygens (including phenoxy) is 1. The molecule has 1 rings (SSSR count). The third kappa shape index (κ3) is 5.36. The quantitative estimate of drug-likeness (QED) is 0.673. The summed E-state index contributed by atoms with van der Waals surface area (Å²) in [5.74, 6) is 0.950. The molecule has 1 aromatic rings. The molecule has 0 fully saturated rings. The third-order valence-electron chi connectivity index (χ3n) is 3.50. The maximum atomic E-state index is 11.9. The SMILES string of the molecule is CCCCCc1ccc(OCC(=O)C(C)(C)C)c(C)c1. The summed E-state index contributed by atoms with van der Waals surface area (Å²) in [4.78, 5) is 11.9. The van der Waals surface area contributed by atoms with Gasteiger partial charge < -0.3 is 4.74 Å². The molecule has 0 N–H and O–H groups in total. The highest BCUT2D eigenvalue weighted by molar-refractivity contribution is 5.85. The Hall–Kier alpha value is -1.31. The van der Waals surface area contributed by atoms with E-state index in [0.717, 1.165) is 17.7 Å². The zero-order chi connectivity index (χ0) is 15.2. The van der Waals surface area contributed by atoms with Crippen LogP contribution < -0.4 is 4.74 Å². The van der Waals surface area contributed by atoms with E-state index in [4.69, 9.17) is 4.74 Å². The molecule has 0 amide bonds. The fourth-order valence-corrected chi connectivity index (χ4v) is 1.97. The van der Waals surface area contributed by atoms with E-state index in [1.807, 2.05) is 33.8 Å². The molecule has 0 aliphatic rings. The Morgan fingerprint density at radius 3 is 2.45 bits per heavy atom. The molecule has 0 saturated carbocycles. The van der Waals surface area contributed by atoms with Gasteiger partial charge in [0.25, 0.3) is 0 Å². The van der Waals surface area contributed by atoms with Crippen LogP contribution in [-0.2, 0) is 11.2 Å². The Bertz CT molecular complexity index is 441. The van der Waals surface area contributed by atoms with Crippen molar-refractivity contribution in [1.82, 2.24) is 0 Å². The first-order valence-electron chi connectivity index (χ1n) is 7.60. The maximum Gasteiger partial charge on any atom is 0.175 e. The summed E-state index contributed by atoms with van der Waals surface area (Å²) in [7, 11) is 0. The predicted octanol–water partition coefficient (Wildman–Crippen LogP) is 4.72. The monoisotopic (exact) mass is 276 g/mol. The summed E-state index contributed by atoms with van der Waals surface area (Å²) in [5.41, 5.74) is 2.12. The van der Waals surface area contributed by atoms with Crippen LogP contribution in [0.15, 0.2) is 18.2 Å². The zero-order valence-electron chi connectivity index (χ0n) is 13.6. The van der Waals surface area contributed by atoms with Gasteiger partial charge in [-0.25, -0.2) is 0 Å². The number of rotatable bonds is 7. The molecule has 112 valence electrons. The van der Waals surface area contributed by atoms with Gasteiger partial charge in [-0.2, -0.15) is 0 Å². The molecular weight excluding hydrogens is 248 g/mol. The normalized spacial score (nSPS) is 11.4. The van der Waals surface area contributed by atoms with Gasteiger partial charge in [0.15, 0.2) is 5.78 Å². The highest BCUT2D eigenvalue weighted by Gasteiger charge is 2.21. The van der Waals surface area contributed by atoms with Crippen molar-refractivity contribution in [3.63, 3.8) is 0 Å². The van der Waals surface area contributed by atoms with Crippen LogP contribution in [0.4, 0.5) is 0 Å².